The number of Topliss-reactive ketones (excluding diaryl/α,β-unsaturated/α-hetero) is 1. The molecule has 0 amide bonds. The summed E-state index contributed by atoms with van der Waals surface area (Å²) in [6.45, 7) is 5.32. The van der Waals surface area contributed by atoms with Gasteiger partial charge in [0.25, 0.3) is 0 Å². The molecule has 5 heteroatoms. The lowest BCUT2D eigenvalue weighted by Crippen LogP contribution is -2.35. The number of carbonyl (C=O) groups is 1. The number of sulfone groups is 1. The highest BCUT2D eigenvalue weighted by molar-refractivity contribution is 7.91. The second-order valence-corrected chi connectivity index (χ2v) is 6.91. The SMILES string of the molecule is CCCS(=O)(=O)CCC(=O)CC(C)(C)N. The Hall–Kier alpha value is -0.420. The zero-order valence-electron chi connectivity index (χ0n) is 9.75. The van der Waals surface area contributed by atoms with Gasteiger partial charge in [-0.25, -0.2) is 8.42 Å². The number of carbonyl (C=O) groups excluding carboxylic acids is 1. The van der Waals surface area contributed by atoms with E-state index in [-0.39, 0.29) is 30.1 Å². The van der Waals surface area contributed by atoms with Crippen LogP contribution in [0.5, 0.6) is 0 Å². The largest absolute Gasteiger partial charge is 0.325 e. The van der Waals surface area contributed by atoms with E-state index < -0.39 is 15.4 Å². The zero-order valence-corrected chi connectivity index (χ0v) is 10.6. The van der Waals surface area contributed by atoms with Gasteiger partial charge in [0, 0.05) is 24.1 Å². The molecule has 0 fully saturated rings. The quantitative estimate of drug-likeness (QED) is 0.711. The summed E-state index contributed by atoms with van der Waals surface area (Å²) >= 11 is 0. The first-order valence-electron chi connectivity index (χ1n) is 5.17. The Bertz CT molecular complexity index is 301. The van der Waals surface area contributed by atoms with Crippen LogP contribution in [0, 0.1) is 0 Å². The number of hydrogen-bond donors (Lipinski definition) is 1. The van der Waals surface area contributed by atoms with E-state index in [0.29, 0.717) is 6.42 Å². The van der Waals surface area contributed by atoms with Crippen molar-refractivity contribution in [2.45, 2.75) is 45.6 Å². The Kier molecular flexibility index (Phi) is 5.45. The van der Waals surface area contributed by atoms with Crippen LogP contribution in [0.25, 0.3) is 0 Å². The Morgan fingerprint density at radius 3 is 2.20 bits per heavy atom. The fourth-order valence-electron chi connectivity index (χ4n) is 1.28. The van der Waals surface area contributed by atoms with Crippen molar-refractivity contribution in [3.63, 3.8) is 0 Å². The lowest BCUT2D eigenvalue weighted by atomic mass is 9.98. The molecule has 2 N–H and O–H groups in total. The molecule has 0 aliphatic carbocycles. The number of rotatable bonds is 7. The Morgan fingerprint density at radius 1 is 1.27 bits per heavy atom. The molecule has 0 rings (SSSR count). The van der Waals surface area contributed by atoms with Gasteiger partial charge in [-0.15, -0.1) is 0 Å². The third-order valence-corrected chi connectivity index (χ3v) is 3.72. The minimum Gasteiger partial charge on any atom is -0.325 e. The third-order valence-electron chi connectivity index (χ3n) is 1.86. The number of nitrogens with two attached hydrogens (primary N) is 1. The lowest BCUT2D eigenvalue weighted by molar-refractivity contribution is -0.119. The fraction of sp³-hybridized carbons (Fsp3) is 0.900. The van der Waals surface area contributed by atoms with E-state index in [1.54, 1.807) is 13.8 Å². The lowest BCUT2D eigenvalue weighted by Gasteiger charge is -2.16. The van der Waals surface area contributed by atoms with Crippen LogP contribution in [0.2, 0.25) is 0 Å². The molecule has 0 heterocycles. The molecular weight excluding hydrogens is 214 g/mol. The van der Waals surface area contributed by atoms with Crippen molar-refractivity contribution in [2.75, 3.05) is 11.5 Å². The van der Waals surface area contributed by atoms with Crippen molar-refractivity contribution in [1.29, 1.82) is 0 Å². The molecule has 0 aromatic carbocycles. The first kappa shape index (κ1) is 14.6. The summed E-state index contributed by atoms with van der Waals surface area (Å²) in [6.07, 6.45) is 0.913. The highest BCUT2D eigenvalue weighted by atomic mass is 32.2. The van der Waals surface area contributed by atoms with E-state index in [1.807, 2.05) is 6.92 Å². The summed E-state index contributed by atoms with van der Waals surface area (Å²) in [5.74, 6) is 0.0318. The second kappa shape index (κ2) is 5.61. The van der Waals surface area contributed by atoms with Crippen molar-refractivity contribution in [3.8, 4) is 0 Å². The summed E-state index contributed by atoms with van der Waals surface area (Å²) < 4.78 is 22.6. The average Bonchev–Trinajstić information content (AvgIpc) is 1.98. The molecular formula is C10H21NO3S. The molecule has 0 aliphatic heterocycles. The summed E-state index contributed by atoms with van der Waals surface area (Å²) in [6, 6.07) is 0. The second-order valence-electron chi connectivity index (χ2n) is 4.61. The topological polar surface area (TPSA) is 77.2 Å². The van der Waals surface area contributed by atoms with Gasteiger partial charge in [-0.1, -0.05) is 6.92 Å². The molecule has 0 spiro atoms. The predicted octanol–water partition coefficient (Wildman–Crippen LogP) is 0.898. The minimum absolute atomic E-state index is 0.0459. The highest BCUT2D eigenvalue weighted by Gasteiger charge is 2.18. The Morgan fingerprint density at radius 2 is 1.80 bits per heavy atom. The van der Waals surface area contributed by atoms with Crippen molar-refractivity contribution < 1.29 is 13.2 Å². The van der Waals surface area contributed by atoms with Crippen LogP contribution in [0.4, 0.5) is 0 Å². The van der Waals surface area contributed by atoms with Gasteiger partial charge in [-0.05, 0) is 20.3 Å². The molecule has 0 aromatic heterocycles. The van der Waals surface area contributed by atoms with E-state index >= 15 is 0 Å². The monoisotopic (exact) mass is 235 g/mol. The first-order valence-corrected chi connectivity index (χ1v) is 6.99. The molecule has 0 aromatic rings. The van der Waals surface area contributed by atoms with E-state index in [0.717, 1.165) is 0 Å². The maximum atomic E-state index is 11.4. The molecule has 0 radical (unpaired) electrons. The molecule has 0 saturated heterocycles. The van der Waals surface area contributed by atoms with Crippen molar-refractivity contribution >= 4 is 15.6 Å². The summed E-state index contributed by atoms with van der Waals surface area (Å²) in [7, 11) is -3.04. The molecule has 0 saturated carbocycles. The summed E-state index contributed by atoms with van der Waals surface area (Å²) in [5, 5.41) is 0. The smallest absolute Gasteiger partial charge is 0.150 e. The minimum atomic E-state index is -3.04. The van der Waals surface area contributed by atoms with Crippen molar-refractivity contribution in [2.24, 2.45) is 5.73 Å². The summed E-state index contributed by atoms with van der Waals surface area (Å²) in [5.41, 5.74) is 5.11. The maximum Gasteiger partial charge on any atom is 0.150 e. The average molecular weight is 235 g/mol. The van der Waals surface area contributed by atoms with Crippen LogP contribution in [0.1, 0.15) is 40.0 Å². The van der Waals surface area contributed by atoms with E-state index in [1.165, 1.54) is 0 Å². The standard InChI is InChI=1S/C10H21NO3S/c1-4-6-15(13,14)7-5-9(12)8-10(2,3)11/h4-8,11H2,1-3H3. The van der Waals surface area contributed by atoms with E-state index in [2.05, 4.69) is 0 Å². The zero-order chi connectivity index (χ0) is 12.1. The van der Waals surface area contributed by atoms with Gasteiger partial charge in [0.1, 0.15) is 5.78 Å². The van der Waals surface area contributed by atoms with Crippen LogP contribution >= 0.6 is 0 Å². The van der Waals surface area contributed by atoms with Crippen LogP contribution in [-0.4, -0.2) is 31.2 Å². The van der Waals surface area contributed by atoms with Crippen LogP contribution < -0.4 is 5.73 Å². The maximum absolute atomic E-state index is 11.4. The van der Waals surface area contributed by atoms with Gasteiger partial charge in [0.2, 0.25) is 0 Å². The molecule has 90 valence electrons. The molecule has 0 atom stereocenters. The Balaban J connectivity index is 4.02. The number of hydrogen-bond acceptors (Lipinski definition) is 4. The van der Waals surface area contributed by atoms with Gasteiger partial charge >= 0.3 is 0 Å². The van der Waals surface area contributed by atoms with E-state index in [9.17, 15) is 13.2 Å². The van der Waals surface area contributed by atoms with Gasteiger partial charge in [-0.3, -0.25) is 4.79 Å². The van der Waals surface area contributed by atoms with Crippen molar-refractivity contribution in [1.82, 2.24) is 0 Å². The van der Waals surface area contributed by atoms with Crippen LogP contribution in [0.15, 0.2) is 0 Å². The fourth-order valence-corrected chi connectivity index (χ4v) is 2.64. The van der Waals surface area contributed by atoms with Gasteiger partial charge < -0.3 is 5.73 Å². The first-order chi connectivity index (χ1) is 6.66. The molecule has 0 unspecified atom stereocenters. The number of ketones is 1. The highest BCUT2D eigenvalue weighted by Crippen LogP contribution is 2.07. The van der Waals surface area contributed by atoms with Crippen LogP contribution in [-0.2, 0) is 14.6 Å². The van der Waals surface area contributed by atoms with Crippen molar-refractivity contribution in [3.05, 3.63) is 0 Å². The van der Waals surface area contributed by atoms with Crippen LogP contribution in [0.3, 0.4) is 0 Å². The van der Waals surface area contributed by atoms with Gasteiger partial charge in [0.15, 0.2) is 9.84 Å². The molecule has 0 bridgehead atoms. The van der Waals surface area contributed by atoms with E-state index in [4.69, 9.17) is 5.73 Å². The third kappa shape index (κ3) is 8.57. The predicted molar refractivity (Wildman–Crippen MR) is 61.5 cm³/mol. The Labute approximate surface area is 92.2 Å². The molecule has 4 nitrogen and oxygen atoms in total. The molecule has 0 aliphatic rings. The van der Waals surface area contributed by atoms with Gasteiger partial charge in [0.05, 0.1) is 5.75 Å². The normalized spacial score (nSPS) is 12.8. The summed E-state index contributed by atoms with van der Waals surface area (Å²) in [4.78, 5) is 11.4. The van der Waals surface area contributed by atoms with Gasteiger partial charge in [-0.2, -0.15) is 0 Å². The molecule has 15 heavy (non-hydrogen) atoms.